The molecular weight excluding hydrogens is 232 g/mol. The predicted octanol–water partition coefficient (Wildman–Crippen LogP) is 2.56. The third-order valence-corrected chi connectivity index (χ3v) is 3.32. The van der Waals surface area contributed by atoms with Crippen LogP contribution in [0.1, 0.15) is 25.8 Å². The van der Waals surface area contributed by atoms with E-state index in [-0.39, 0.29) is 0 Å². The summed E-state index contributed by atoms with van der Waals surface area (Å²) >= 11 is 5.08. The first-order valence-electron chi connectivity index (χ1n) is 5.71. The second-order valence-corrected chi connectivity index (χ2v) is 4.56. The molecule has 1 aromatic carbocycles. The van der Waals surface area contributed by atoms with E-state index in [1.165, 1.54) is 0 Å². The highest BCUT2D eigenvalue weighted by Crippen LogP contribution is 2.27. The van der Waals surface area contributed by atoms with Crippen LogP contribution in [0.15, 0.2) is 18.2 Å². The summed E-state index contributed by atoms with van der Waals surface area (Å²) in [5.74, 6) is 0.815. The van der Waals surface area contributed by atoms with Gasteiger partial charge in [0.05, 0.1) is 12.8 Å². The molecule has 2 N–H and O–H groups in total. The van der Waals surface area contributed by atoms with Gasteiger partial charge >= 0.3 is 0 Å². The average molecular weight is 252 g/mol. The molecule has 17 heavy (non-hydrogen) atoms. The predicted molar refractivity (Wildman–Crippen MR) is 77.0 cm³/mol. The average Bonchev–Trinajstić information content (AvgIpc) is 2.35. The summed E-state index contributed by atoms with van der Waals surface area (Å²) < 4.78 is 5.24. The zero-order valence-corrected chi connectivity index (χ0v) is 11.7. The fourth-order valence-electron chi connectivity index (χ4n) is 1.65. The number of ether oxygens (including phenoxy) is 1. The molecule has 0 fully saturated rings. The van der Waals surface area contributed by atoms with Crippen molar-refractivity contribution in [2.24, 2.45) is 5.73 Å². The van der Waals surface area contributed by atoms with Crippen molar-refractivity contribution in [3.8, 4) is 5.75 Å². The Hall–Kier alpha value is -1.29. The molecule has 1 atom stereocenters. The summed E-state index contributed by atoms with van der Waals surface area (Å²) in [4.78, 5) is 2.59. The molecule has 4 heteroatoms. The highest BCUT2D eigenvalue weighted by atomic mass is 32.1. The lowest BCUT2D eigenvalue weighted by Gasteiger charge is -2.28. The van der Waals surface area contributed by atoms with Crippen LogP contribution in [0.4, 0.5) is 5.69 Å². The minimum atomic E-state index is 0.415. The van der Waals surface area contributed by atoms with Gasteiger partial charge in [-0.05, 0) is 25.5 Å². The molecule has 94 valence electrons. The van der Waals surface area contributed by atoms with Crippen molar-refractivity contribution in [3.05, 3.63) is 23.8 Å². The highest BCUT2D eigenvalue weighted by molar-refractivity contribution is 7.80. The number of methoxy groups -OCH3 is 1. The fraction of sp³-hybridized carbons (Fsp3) is 0.462. The standard InChI is InChI=1S/C13H20N2OS/c1-5-9(2)15(3)12-8-10(16-4)6-7-11(12)13(14)17/h6-9H,5H2,1-4H3,(H2,14,17). The first kappa shape index (κ1) is 13.8. The van der Waals surface area contributed by atoms with E-state index >= 15 is 0 Å². The Bertz CT molecular complexity index is 406. The molecule has 0 radical (unpaired) electrons. The highest BCUT2D eigenvalue weighted by Gasteiger charge is 2.14. The van der Waals surface area contributed by atoms with E-state index in [0.717, 1.165) is 23.4 Å². The molecule has 0 amide bonds. The molecule has 0 aliphatic carbocycles. The van der Waals surface area contributed by atoms with Gasteiger partial charge in [-0.1, -0.05) is 19.1 Å². The third kappa shape index (κ3) is 3.09. The van der Waals surface area contributed by atoms with Gasteiger partial charge in [0.2, 0.25) is 0 Å². The largest absolute Gasteiger partial charge is 0.497 e. The van der Waals surface area contributed by atoms with Gasteiger partial charge in [0.25, 0.3) is 0 Å². The third-order valence-electron chi connectivity index (χ3n) is 3.10. The first-order valence-corrected chi connectivity index (χ1v) is 6.12. The van der Waals surface area contributed by atoms with E-state index in [1.807, 2.05) is 25.2 Å². The fourth-order valence-corrected chi connectivity index (χ4v) is 1.82. The van der Waals surface area contributed by atoms with E-state index in [0.29, 0.717) is 11.0 Å². The zero-order valence-electron chi connectivity index (χ0n) is 10.9. The number of hydrogen-bond donors (Lipinski definition) is 1. The van der Waals surface area contributed by atoms with Crippen molar-refractivity contribution in [3.63, 3.8) is 0 Å². The van der Waals surface area contributed by atoms with Gasteiger partial charge in [-0.25, -0.2) is 0 Å². The van der Waals surface area contributed by atoms with Gasteiger partial charge in [0.15, 0.2) is 0 Å². The second-order valence-electron chi connectivity index (χ2n) is 4.12. The van der Waals surface area contributed by atoms with Crippen LogP contribution >= 0.6 is 12.2 Å². The molecule has 0 aromatic heterocycles. The van der Waals surface area contributed by atoms with Gasteiger partial charge in [0, 0.05) is 24.7 Å². The van der Waals surface area contributed by atoms with Crippen LogP contribution in [0.25, 0.3) is 0 Å². The summed E-state index contributed by atoms with van der Waals surface area (Å²) in [6, 6.07) is 6.19. The van der Waals surface area contributed by atoms with Crippen molar-refractivity contribution in [2.75, 3.05) is 19.1 Å². The van der Waals surface area contributed by atoms with E-state index in [9.17, 15) is 0 Å². The van der Waals surface area contributed by atoms with E-state index < -0.39 is 0 Å². The minimum Gasteiger partial charge on any atom is -0.497 e. The number of thiocarbonyl (C=S) groups is 1. The summed E-state index contributed by atoms with van der Waals surface area (Å²) in [5, 5.41) is 0. The second kappa shape index (κ2) is 5.87. The Morgan fingerprint density at radius 1 is 1.53 bits per heavy atom. The van der Waals surface area contributed by atoms with Crippen LogP contribution < -0.4 is 15.4 Å². The van der Waals surface area contributed by atoms with Crippen LogP contribution in [0, 0.1) is 0 Å². The SMILES string of the molecule is CCC(C)N(C)c1cc(OC)ccc1C(N)=S. The molecule has 0 saturated heterocycles. The Morgan fingerprint density at radius 2 is 2.18 bits per heavy atom. The maximum Gasteiger partial charge on any atom is 0.120 e. The number of nitrogens with zero attached hydrogens (tertiary/aromatic N) is 1. The van der Waals surface area contributed by atoms with Crippen molar-refractivity contribution in [1.29, 1.82) is 0 Å². The Labute approximate surface area is 109 Å². The molecule has 1 rings (SSSR count). The molecule has 0 heterocycles. The number of benzene rings is 1. The molecule has 0 aliphatic heterocycles. The maximum atomic E-state index is 5.75. The monoisotopic (exact) mass is 252 g/mol. The molecule has 1 unspecified atom stereocenters. The van der Waals surface area contributed by atoms with Crippen LogP contribution in [-0.2, 0) is 0 Å². The molecule has 3 nitrogen and oxygen atoms in total. The Morgan fingerprint density at radius 3 is 2.65 bits per heavy atom. The number of rotatable bonds is 5. The van der Waals surface area contributed by atoms with Gasteiger partial charge in [-0.2, -0.15) is 0 Å². The van der Waals surface area contributed by atoms with Crippen LogP contribution in [0.2, 0.25) is 0 Å². The molecule has 1 aromatic rings. The van der Waals surface area contributed by atoms with E-state index in [1.54, 1.807) is 7.11 Å². The van der Waals surface area contributed by atoms with Crippen LogP contribution in [0.5, 0.6) is 5.75 Å². The van der Waals surface area contributed by atoms with Gasteiger partial charge in [-0.3, -0.25) is 0 Å². The van der Waals surface area contributed by atoms with E-state index in [4.69, 9.17) is 22.7 Å². The Balaban J connectivity index is 3.21. The molecular formula is C13H20N2OS. The summed E-state index contributed by atoms with van der Waals surface area (Å²) in [6.07, 6.45) is 1.06. The molecule has 0 saturated carbocycles. The van der Waals surface area contributed by atoms with Crippen molar-refractivity contribution < 1.29 is 4.74 Å². The van der Waals surface area contributed by atoms with Crippen LogP contribution in [0.3, 0.4) is 0 Å². The van der Waals surface area contributed by atoms with Gasteiger partial charge < -0.3 is 15.4 Å². The molecule has 0 bridgehead atoms. The Kier molecular flexibility index (Phi) is 4.75. The lowest BCUT2D eigenvalue weighted by molar-refractivity contribution is 0.414. The number of nitrogens with two attached hydrogens (primary N) is 1. The minimum absolute atomic E-state index is 0.415. The topological polar surface area (TPSA) is 38.5 Å². The zero-order chi connectivity index (χ0) is 13.0. The number of hydrogen-bond acceptors (Lipinski definition) is 3. The van der Waals surface area contributed by atoms with Crippen molar-refractivity contribution >= 4 is 22.9 Å². The lowest BCUT2D eigenvalue weighted by Crippen LogP contribution is -2.30. The summed E-state index contributed by atoms with van der Waals surface area (Å²) in [6.45, 7) is 4.32. The summed E-state index contributed by atoms with van der Waals surface area (Å²) in [7, 11) is 3.70. The number of anilines is 1. The van der Waals surface area contributed by atoms with Crippen molar-refractivity contribution in [1.82, 2.24) is 0 Å². The molecule has 0 spiro atoms. The van der Waals surface area contributed by atoms with Gasteiger partial charge in [0.1, 0.15) is 10.7 Å². The first-order chi connectivity index (χ1) is 8.01. The van der Waals surface area contributed by atoms with E-state index in [2.05, 4.69) is 18.7 Å². The smallest absolute Gasteiger partial charge is 0.120 e. The van der Waals surface area contributed by atoms with Crippen LogP contribution in [-0.4, -0.2) is 25.2 Å². The normalized spacial score (nSPS) is 12.0. The molecule has 0 aliphatic rings. The summed E-state index contributed by atoms with van der Waals surface area (Å²) in [5.41, 5.74) is 7.66. The lowest BCUT2D eigenvalue weighted by atomic mass is 10.1. The quantitative estimate of drug-likeness (QED) is 0.817. The van der Waals surface area contributed by atoms with Gasteiger partial charge in [-0.15, -0.1) is 0 Å². The van der Waals surface area contributed by atoms with Crippen molar-refractivity contribution in [2.45, 2.75) is 26.3 Å². The maximum absolute atomic E-state index is 5.75.